The molecule has 0 aliphatic heterocycles. The molecule has 0 aromatic heterocycles. The van der Waals surface area contributed by atoms with Crippen LogP contribution in [0.5, 0.6) is 0 Å². The number of halogens is 3. The first-order valence-electron chi connectivity index (χ1n) is 5.93. The molecule has 0 saturated heterocycles. The fraction of sp³-hybridized carbons (Fsp3) is 0.357. The highest BCUT2D eigenvalue weighted by Gasteiger charge is 2.30. The van der Waals surface area contributed by atoms with Crippen molar-refractivity contribution in [3.05, 3.63) is 35.4 Å². The largest absolute Gasteiger partial charge is 0.397 e. The minimum Gasteiger partial charge on any atom is -0.395 e. The molecule has 0 fully saturated rings. The zero-order valence-electron chi connectivity index (χ0n) is 10.6. The summed E-state index contributed by atoms with van der Waals surface area (Å²) in [5.41, 5.74) is 1.43. The van der Waals surface area contributed by atoms with Gasteiger partial charge in [-0.25, -0.2) is 0 Å². The van der Waals surface area contributed by atoms with Gasteiger partial charge in [0.2, 0.25) is 5.91 Å². The number of carbonyl (C=O) groups excluding carboxylic acids is 1. The number of hydrogen-bond donors (Lipinski definition) is 2. The molecule has 1 aromatic carbocycles. The summed E-state index contributed by atoms with van der Waals surface area (Å²) >= 11 is 0. The van der Waals surface area contributed by atoms with Crippen molar-refractivity contribution in [2.24, 2.45) is 0 Å². The van der Waals surface area contributed by atoms with Gasteiger partial charge in [0.15, 0.2) is 0 Å². The molecular formula is C14H14F3NO2. The number of rotatable bonds is 4. The Kier molecular flexibility index (Phi) is 6.07. The summed E-state index contributed by atoms with van der Waals surface area (Å²) in [5, 5.41) is 10.8. The van der Waals surface area contributed by atoms with Gasteiger partial charge in [-0.2, -0.15) is 13.2 Å². The van der Waals surface area contributed by atoms with E-state index >= 15 is 0 Å². The van der Waals surface area contributed by atoms with Crippen LogP contribution in [-0.2, 0) is 11.3 Å². The Morgan fingerprint density at radius 2 is 1.90 bits per heavy atom. The lowest BCUT2D eigenvalue weighted by atomic mass is 10.1. The summed E-state index contributed by atoms with van der Waals surface area (Å²) in [6, 6.07) is 6.76. The van der Waals surface area contributed by atoms with Gasteiger partial charge in [-0.15, -0.1) is 0 Å². The van der Waals surface area contributed by atoms with Crippen LogP contribution in [-0.4, -0.2) is 23.8 Å². The molecule has 20 heavy (non-hydrogen) atoms. The average molecular weight is 285 g/mol. The lowest BCUT2D eigenvalue weighted by Gasteiger charge is -2.07. The molecule has 0 aliphatic rings. The molecule has 6 heteroatoms. The summed E-state index contributed by atoms with van der Waals surface area (Å²) in [5.74, 6) is 4.52. The lowest BCUT2D eigenvalue weighted by molar-refractivity contribution is -0.153. The maximum Gasteiger partial charge on any atom is 0.397 e. The van der Waals surface area contributed by atoms with Gasteiger partial charge in [-0.1, -0.05) is 24.0 Å². The number of carbonyl (C=O) groups is 1. The van der Waals surface area contributed by atoms with Crippen molar-refractivity contribution in [2.45, 2.75) is 25.6 Å². The normalized spacial score (nSPS) is 10.6. The molecule has 1 rings (SSSR count). The summed E-state index contributed by atoms with van der Waals surface area (Å²) in [7, 11) is 0. The molecule has 1 aromatic rings. The Labute approximate surface area is 114 Å². The molecular weight excluding hydrogens is 271 g/mol. The number of hydrogen-bond acceptors (Lipinski definition) is 2. The molecule has 0 spiro atoms. The Hall–Kier alpha value is -2.00. The van der Waals surface area contributed by atoms with Crippen molar-refractivity contribution >= 4 is 5.91 Å². The fourth-order valence-corrected chi connectivity index (χ4v) is 1.37. The highest BCUT2D eigenvalue weighted by Crippen LogP contribution is 2.18. The summed E-state index contributed by atoms with van der Waals surface area (Å²) in [4.78, 5) is 11.0. The number of amides is 1. The van der Waals surface area contributed by atoms with Crippen LogP contribution >= 0.6 is 0 Å². The van der Waals surface area contributed by atoms with Gasteiger partial charge in [0.1, 0.15) is 6.42 Å². The first-order valence-corrected chi connectivity index (χ1v) is 5.93. The highest BCUT2D eigenvalue weighted by atomic mass is 19.4. The zero-order valence-corrected chi connectivity index (χ0v) is 10.6. The second-order valence-corrected chi connectivity index (χ2v) is 4.04. The topological polar surface area (TPSA) is 49.3 Å². The van der Waals surface area contributed by atoms with Gasteiger partial charge >= 0.3 is 6.18 Å². The van der Waals surface area contributed by atoms with Crippen LogP contribution in [0.25, 0.3) is 0 Å². The third-order valence-electron chi connectivity index (χ3n) is 2.27. The van der Waals surface area contributed by atoms with Gasteiger partial charge in [0.25, 0.3) is 0 Å². The van der Waals surface area contributed by atoms with Crippen LogP contribution in [0.4, 0.5) is 13.2 Å². The molecule has 108 valence electrons. The number of nitrogens with one attached hydrogen (secondary N) is 1. The van der Waals surface area contributed by atoms with Crippen molar-refractivity contribution in [2.75, 3.05) is 6.61 Å². The van der Waals surface area contributed by atoms with Crippen molar-refractivity contribution in [1.82, 2.24) is 5.32 Å². The number of aliphatic hydroxyl groups is 1. The second kappa shape index (κ2) is 7.56. The minimum atomic E-state index is -4.49. The minimum absolute atomic E-state index is 0.00365. The zero-order chi connectivity index (χ0) is 15.0. The van der Waals surface area contributed by atoms with Crippen LogP contribution < -0.4 is 5.32 Å². The maximum absolute atomic E-state index is 11.9. The SMILES string of the molecule is O=C(CC(F)(F)F)NCc1ccc(C#CCCO)cc1. The van der Waals surface area contributed by atoms with Crippen LogP contribution in [0.2, 0.25) is 0 Å². The van der Waals surface area contributed by atoms with Gasteiger partial charge < -0.3 is 10.4 Å². The van der Waals surface area contributed by atoms with E-state index < -0.39 is 18.5 Å². The standard InChI is InChI=1S/C14H14F3NO2/c15-14(16,17)9-13(20)18-10-12-6-4-11(5-7-12)3-1-2-8-19/h4-7,19H,2,8-10H2,(H,18,20). The van der Waals surface area contributed by atoms with Crippen molar-refractivity contribution < 1.29 is 23.1 Å². The van der Waals surface area contributed by atoms with E-state index in [0.29, 0.717) is 12.0 Å². The van der Waals surface area contributed by atoms with E-state index in [2.05, 4.69) is 17.2 Å². The van der Waals surface area contributed by atoms with E-state index in [4.69, 9.17) is 5.11 Å². The number of alkyl halides is 3. The van der Waals surface area contributed by atoms with E-state index in [-0.39, 0.29) is 13.2 Å². The Morgan fingerprint density at radius 3 is 2.45 bits per heavy atom. The van der Waals surface area contributed by atoms with Crippen molar-refractivity contribution in [3.63, 3.8) is 0 Å². The molecule has 1 amide bonds. The van der Waals surface area contributed by atoms with Gasteiger partial charge in [0.05, 0.1) is 6.61 Å². The van der Waals surface area contributed by atoms with Crippen LogP contribution in [0, 0.1) is 11.8 Å². The molecule has 0 heterocycles. The Bertz CT molecular complexity index is 498. The molecule has 0 unspecified atom stereocenters. The molecule has 3 nitrogen and oxygen atoms in total. The molecule has 2 N–H and O–H groups in total. The molecule has 0 radical (unpaired) electrons. The first-order chi connectivity index (χ1) is 9.40. The summed E-state index contributed by atoms with van der Waals surface area (Å²) < 4.78 is 35.8. The highest BCUT2D eigenvalue weighted by molar-refractivity contribution is 5.76. The monoisotopic (exact) mass is 285 g/mol. The van der Waals surface area contributed by atoms with Gasteiger partial charge in [-0.3, -0.25) is 4.79 Å². The smallest absolute Gasteiger partial charge is 0.395 e. The molecule has 0 atom stereocenters. The first kappa shape index (κ1) is 16.1. The average Bonchev–Trinajstić information content (AvgIpc) is 2.36. The Balaban J connectivity index is 2.46. The van der Waals surface area contributed by atoms with Crippen LogP contribution in [0.1, 0.15) is 24.0 Å². The van der Waals surface area contributed by atoms with Gasteiger partial charge in [0, 0.05) is 18.5 Å². The fourth-order valence-electron chi connectivity index (χ4n) is 1.37. The number of benzene rings is 1. The molecule has 0 aliphatic carbocycles. The summed E-state index contributed by atoms with van der Waals surface area (Å²) in [6.45, 7) is 0.0373. The van der Waals surface area contributed by atoms with E-state index in [9.17, 15) is 18.0 Å². The second-order valence-electron chi connectivity index (χ2n) is 4.04. The van der Waals surface area contributed by atoms with E-state index in [1.54, 1.807) is 24.3 Å². The van der Waals surface area contributed by atoms with Crippen LogP contribution in [0.15, 0.2) is 24.3 Å². The third kappa shape index (κ3) is 6.81. The maximum atomic E-state index is 11.9. The summed E-state index contributed by atoms with van der Waals surface area (Å²) in [6.07, 6.45) is -5.58. The number of aliphatic hydroxyl groups excluding tert-OH is 1. The predicted molar refractivity (Wildman–Crippen MR) is 67.5 cm³/mol. The van der Waals surface area contributed by atoms with Crippen LogP contribution in [0.3, 0.4) is 0 Å². The quantitative estimate of drug-likeness (QED) is 0.831. The molecule has 0 saturated carbocycles. The Morgan fingerprint density at radius 1 is 1.25 bits per heavy atom. The van der Waals surface area contributed by atoms with E-state index in [1.165, 1.54) is 0 Å². The third-order valence-corrected chi connectivity index (χ3v) is 2.27. The van der Waals surface area contributed by atoms with E-state index in [0.717, 1.165) is 5.56 Å². The molecule has 0 bridgehead atoms. The van der Waals surface area contributed by atoms with Gasteiger partial charge in [-0.05, 0) is 17.7 Å². The predicted octanol–water partition coefficient (Wildman–Crippen LogP) is 1.99. The lowest BCUT2D eigenvalue weighted by Crippen LogP contribution is -2.28. The van der Waals surface area contributed by atoms with Crippen molar-refractivity contribution in [3.8, 4) is 11.8 Å². The van der Waals surface area contributed by atoms with E-state index in [1.807, 2.05) is 0 Å². The van der Waals surface area contributed by atoms with Crippen molar-refractivity contribution in [1.29, 1.82) is 0 Å².